The van der Waals surface area contributed by atoms with Crippen molar-refractivity contribution in [2.45, 2.75) is 20.8 Å². The highest BCUT2D eigenvalue weighted by Crippen LogP contribution is 2.27. The lowest BCUT2D eigenvalue weighted by Gasteiger charge is -2.35. The summed E-state index contributed by atoms with van der Waals surface area (Å²) >= 11 is 11.8. The van der Waals surface area contributed by atoms with E-state index in [0.717, 1.165) is 16.8 Å². The molecule has 0 aromatic heterocycles. The summed E-state index contributed by atoms with van der Waals surface area (Å²) in [5.41, 5.74) is 3.02. The number of amides is 1. The Morgan fingerprint density at radius 3 is 2.43 bits per heavy atom. The topological polar surface area (TPSA) is 44.8 Å². The van der Waals surface area contributed by atoms with Crippen molar-refractivity contribution in [3.05, 3.63) is 28.3 Å². The van der Waals surface area contributed by atoms with Gasteiger partial charge in [0.1, 0.15) is 0 Å². The molecule has 1 aromatic carbocycles. The number of nitrogens with one attached hydrogen (secondary N) is 1. The molecule has 0 bridgehead atoms. The molecule has 1 aromatic rings. The Kier molecular flexibility index (Phi) is 6.07. The molecule has 1 aliphatic heterocycles. The summed E-state index contributed by atoms with van der Waals surface area (Å²) in [5.74, 6) is 0. The van der Waals surface area contributed by atoms with E-state index in [1.165, 1.54) is 0 Å². The van der Waals surface area contributed by atoms with Crippen molar-refractivity contribution in [3.63, 3.8) is 0 Å². The first-order chi connectivity index (χ1) is 10.9. The molecule has 1 N–H and O–H groups in total. The maximum absolute atomic E-state index is 11.7. The Hall–Kier alpha value is -1.53. The van der Waals surface area contributed by atoms with Gasteiger partial charge in [0.15, 0.2) is 5.11 Å². The number of nitrogens with zero attached hydrogens (tertiary/aromatic N) is 2. The van der Waals surface area contributed by atoms with Crippen molar-refractivity contribution in [2.75, 3.05) is 38.1 Å². The molecule has 126 valence electrons. The number of hydrogen-bond acceptors (Lipinski definition) is 3. The minimum atomic E-state index is -0.261. The SMILES string of the molecule is CCOC(=O)N1CCN(C(=S)Nc2c(C)cc(C)cc2Cl)CC1. The van der Waals surface area contributed by atoms with Crippen LogP contribution in [-0.2, 0) is 4.74 Å². The third kappa shape index (κ3) is 4.48. The number of benzene rings is 1. The van der Waals surface area contributed by atoms with Crippen LogP contribution in [0.15, 0.2) is 12.1 Å². The van der Waals surface area contributed by atoms with Gasteiger partial charge in [-0.05, 0) is 50.2 Å². The summed E-state index contributed by atoms with van der Waals surface area (Å²) in [6.45, 7) is 8.76. The van der Waals surface area contributed by atoms with E-state index in [-0.39, 0.29) is 6.09 Å². The number of aryl methyl sites for hydroxylation is 2. The van der Waals surface area contributed by atoms with Crippen LogP contribution in [0.4, 0.5) is 10.5 Å². The maximum Gasteiger partial charge on any atom is 0.409 e. The number of carbonyl (C=O) groups is 1. The largest absolute Gasteiger partial charge is 0.450 e. The number of halogens is 1. The Balaban J connectivity index is 1.95. The zero-order chi connectivity index (χ0) is 17.0. The van der Waals surface area contributed by atoms with Gasteiger partial charge < -0.3 is 19.9 Å². The van der Waals surface area contributed by atoms with Gasteiger partial charge in [-0.25, -0.2) is 4.79 Å². The Bertz CT molecular complexity index is 578. The Morgan fingerprint density at radius 1 is 1.26 bits per heavy atom. The van der Waals surface area contributed by atoms with Crippen molar-refractivity contribution < 1.29 is 9.53 Å². The van der Waals surface area contributed by atoms with E-state index >= 15 is 0 Å². The molecule has 2 rings (SSSR count). The van der Waals surface area contributed by atoms with Crippen LogP contribution in [-0.4, -0.2) is 53.8 Å². The van der Waals surface area contributed by atoms with Crippen LogP contribution in [0.5, 0.6) is 0 Å². The van der Waals surface area contributed by atoms with Crippen LogP contribution in [0, 0.1) is 13.8 Å². The number of piperazine rings is 1. The molecule has 5 nitrogen and oxygen atoms in total. The van der Waals surface area contributed by atoms with Crippen molar-refractivity contribution in [1.29, 1.82) is 0 Å². The third-order valence-corrected chi connectivity index (χ3v) is 4.41. The number of thiocarbonyl (C=S) groups is 1. The van der Waals surface area contributed by atoms with Gasteiger partial charge in [-0.15, -0.1) is 0 Å². The second-order valence-electron chi connectivity index (χ2n) is 5.54. The summed E-state index contributed by atoms with van der Waals surface area (Å²) in [6, 6.07) is 3.98. The van der Waals surface area contributed by atoms with Crippen LogP contribution in [0.2, 0.25) is 5.02 Å². The van der Waals surface area contributed by atoms with Gasteiger partial charge >= 0.3 is 6.09 Å². The minimum absolute atomic E-state index is 0.261. The molecule has 1 saturated heterocycles. The van der Waals surface area contributed by atoms with E-state index in [2.05, 4.69) is 11.4 Å². The van der Waals surface area contributed by atoms with Crippen molar-refractivity contribution in [1.82, 2.24) is 9.80 Å². The number of anilines is 1. The van der Waals surface area contributed by atoms with Gasteiger partial charge in [0.2, 0.25) is 0 Å². The zero-order valence-electron chi connectivity index (χ0n) is 13.7. The first-order valence-electron chi connectivity index (χ1n) is 7.66. The second kappa shape index (κ2) is 7.84. The Morgan fingerprint density at radius 2 is 1.87 bits per heavy atom. The molecule has 7 heteroatoms. The average Bonchev–Trinajstić information content (AvgIpc) is 2.51. The summed E-state index contributed by atoms with van der Waals surface area (Å²) in [5, 5.41) is 4.52. The lowest BCUT2D eigenvalue weighted by atomic mass is 10.1. The molecule has 23 heavy (non-hydrogen) atoms. The van der Waals surface area contributed by atoms with E-state index in [1.54, 1.807) is 11.8 Å². The normalized spacial score (nSPS) is 14.6. The van der Waals surface area contributed by atoms with Gasteiger partial charge in [-0.1, -0.05) is 17.7 Å². The van der Waals surface area contributed by atoms with E-state index in [0.29, 0.717) is 42.9 Å². The number of hydrogen-bond donors (Lipinski definition) is 1. The average molecular weight is 356 g/mol. The van der Waals surface area contributed by atoms with E-state index < -0.39 is 0 Å². The highest BCUT2D eigenvalue weighted by atomic mass is 35.5. The van der Waals surface area contributed by atoms with Crippen LogP contribution in [0.3, 0.4) is 0 Å². The predicted molar refractivity (Wildman–Crippen MR) is 97.3 cm³/mol. The first kappa shape index (κ1) is 17.8. The molecule has 1 amide bonds. The highest BCUT2D eigenvalue weighted by Gasteiger charge is 2.23. The summed E-state index contributed by atoms with van der Waals surface area (Å²) < 4.78 is 5.02. The molecule has 1 aliphatic rings. The maximum atomic E-state index is 11.7. The minimum Gasteiger partial charge on any atom is -0.450 e. The summed E-state index contributed by atoms with van der Waals surface area (Å²) in [6.07, 6.45) is -0.261. The van der Waals surface area contributed by atoms with Gasteiger partial charge in [-0.3, -0.25) is 0 Å². The van der Waals surface area contributed by atoms with Gasteiger partial charge in [0.05, 0.1) is 17.3 Å². The molecular formula is C16H22ClN3O2S. The van der Waals surface area contributed by atoms with Crippen molar-refractivity contribution >= 4 is 40.7 Å². The number of rotatable bonds is 2. The van der Waals surface area contributed by atoms with Crippen molar-refractivity contribution in [3.8, 4) is 0 Å². The molecule has 0 spiro atoms. The molecule has 1 heterocycles. The molecule has 0 aliphatic carbocycles. The van der Waals surface area contributed by atoms with Gasteiger partial charge in [0, 0.05) is 26.2 Å². The van der Waals surface area contributed by atoms with Crippen LogP contribution in [0.1, 0.15) is 18.1 Å². The fourth-order valence-corrected chi connectivity index (χ4v) is 3.22. The van der Waals surface area contributed by atoms with Crippen LogP contribution < -0.4 is 5.32 Å². The van der Waals surface area contributed by atoms with Crippen LogP contribution >= 0.6 is 23.8 Å². The highest BCUT2D eigenvalue weighted by molar-refractivity contribution is 7.80. The lowest BCUT2D eigenvalue weighted by Crippen LogP contribution is -2.51. The van der Waals surface area contributed by atoms with E-state index in [9.17, 15) is 4.79 Å². The molecule has 1 fully saturated rings. The smallest absolute Gasteiger partial charge is 0.409 e. The molecule has 0 radical (unpaired) electrons. The first-order valence-corrected chi connectivity index (χ1v) is 8.45. The van der Waals surface area contributed by atoms with E-state index in [4.69, 9.17) is 28.6 Å². The van der Waals surface area contributed by atoms with Crippen LogP contribution in [0.25, 0.3) is 0 Å². The Labute approximate surface area is 147 Å². The third-order valence-electron chi connectivity index (χ3n) is 3.76. The summed E-state index contributed by atoms with van der Waals surface area (Å²) in [4.78, 5) is 15.4. The van der Waals surface area contributed by atoms with E-state index in [1.807, 2.05) is 24.8 Å². The number of ether oxygens (including phenoxy) is 1. The predicted octanol–water partition coefficient (Wildman–Crippen LogP) is 3.43. The lowest BCUT2D eigenvalue weighted by molar-refractivity contribution is 0.0923. The van der Waals surface area contributed by atoms with Crippen molar-refractivity contribution in [2.24, 2.45) is 0 Å². The quantitative estimate of drug-likeness (QED) is 0.823. The second-order valence-corrected chi connectivity index (χ2v) is 6.34. The zero-order valence-corrected chi connectivity index (χ0v) is 15.3. The van der Waals surface area contributed by atoms with Gasteiger partial charge in [-0.2, -0.15) is 0 Å². The monoisotopic (exact) mass is 355 g/mol. The fourth-order valence-electron chi connectivity index (χ4n) is 2.57. The molecule has 0 atom stereocenters. The molecular weight excluding hydrogens is 334 g/mol. The number of carbonyl (C=O) groups excluding carboxylic acids is 1. The molecule has 0 saturated carbocycles. The molecule has 0 unspecified atom stereocenters. The fraction of sp³-hybridized carbons (Fsp3) is 0.500. The standard InChI is InChI=1S/C16H22ClN3O2S/c1-4-22-16(21)20-7-5-19(6-8-20)15(23)18-14-12(3)9-11(2)10-13(14)17/h9-10H,4-8H2,1-3H3,(H,18,23). The summed E-state index contributed by atoms with van der Waals surface area (Å²) in [7, 11) is 0. The van der Waals surface area contributed by atoms with Gasteiger partial charge in [0.25, 0.3) is 0 Å².